The molecule has 12 heteroatoms. The number of hydrogen-bond acceptors (Lipinski definition) is 12. The van der Waals surface area contributed by atoms with E-state index in [-0.39, 0.29) is 6.10 Å². The number of ether oxygens (including phenoxy) is 8. The molecule has 0 aliphatic carbocycles. The largest absolute Gasteiger partial charge is 0.455 e. The Labute approximate surface area is 210 Å². The molecule has 0 spiro atoms. The number of carbonyl (C=O) groups is 2. The van der Waals surface area contributed by atoms with E-state index in [0.29, 0.717) is 13.2 Å². The van der Waals surface area contributed by atoms with Crippen LogP contribution in [0.5, 0.6) is 0 Å². The summed E-state index contributed by atoms with van der Waals surface area (Å²) >= 11 is 0. The lowest BCUT2D eigenvalue weighted by Gasteiger charge is -2.43. The number of hydrogen-bond donors (Lipinski definition) is 2. The van der Waals surface area contributed by atoms with Gasteiger partial charge in [-0.2, -0.15) is 0 Å². The van der Waals surface area contributed by atoms with Crippen LogP contribution in [0.1, 0.15) is 41.5 Å². The van der Waals surface area contributed by atoms with Gasteiger partial charge in [-0.1, -0.05) is 6.08 Å². The number of rotatable bonds is 7. The van der Waals surface area contributed by atoms with Gasteiger partial charge < -0.3 is 48.1 Å². The van der Waals surface area contributed by atoms with Crippen molar-refractivity contribution in [3.63, 3.8) is 0 Å². The van der Waals surface area contributed by atoms with Gasteiger partial charge in [0.15, 0.2) is 36.0 Å². The molecule has 0 saturated carbocycles. The molecule has 12 nitrogen and oxygen atoms in total. The molecule has 1 unspecified atom stereocenters. The van der Waals surface area contributed by atoms with E-state index in [1.165, 1.54) is 0 Å². The van der Waals surface area contributed by atoms with Crippen LogP contribution in [-0.4, -0.2) is 108 Å². The van der Waals surface area contributed by atoms with Gasteiger partial charge in [-0.15, -0.1) is 6.58 Å². The molecule has 4 aliphatic heterocycles. The van der Waals surface area contributed by atoms with E-state index in [2.05, 4.69) is 6.58 Å². The van der Waals surface area contributed by atoms with Crippen molar-refractivity contribution in [1.82, 2.24) is 0 Å². The summed E-state index contributed by atoms with van der Waals surface area (Å²) in [6.07, 6.45) is -4.55. The summed E-state index contributed by atoms with van der Waals surface area (Å²) in [5.41, 5.74) is 0. The molecule has 0 aromatic rings. The maximum absolute atomic E-state index is 11.8. The first-order valence-corrected chi connectivity index (χ1v) is 12.1. The first-order valence-electron chi connectivity index (χ1n) is 12.1. The Bertz CT molecular complexity index is 798. The normalized spacial score (nSPS) is 39.1. The summed E-state index contributed by atoms with van der Waals surface area (Å²) < 4.78 is 43.7. The lowest BCUT2D eigenvalue weighted by molar-refractivity contribution is -0.342. The first-order chi connectivity index (χ1) is 16.9. The average molecular weight is 519 g/mol. The summed E-state index contributed by atoms with van der Waals surface area (Å²) in [4.78, 5) is 23.5. The fraction of sp³-hybridized carbons (Fsp3) is 0.833. The average Bonchev–Trinajstić information content (AvgIpc) is 3.28. The van der Waals surface area contributed by atoms with Crippen molar-refractivity contribution in [3.8, 4) is 0 Å². The molecule has 0 amide bonds. The third-order valence-electron chi connectivity index (χ3n) is 6.03. The Kier molecular flexibility index (Phi) is 9.16. The van der Waals surface area contributed by atoms with Crippen LogP contribution < -0.4 is 0 Å². The molecule has 0 aromatic carbocycles. The van der Waals surface area contributed by atoms with E-state index in [9.17, 15) is 14.7 Å². The van der Waals surface area contributed by atoms with Gasteiger partial charge in [-0.05, 0) is 41.5 Å². The van der Waals surface area contributed by atoms with Gasteiger partial charge in [0, 0.05) is 13.2 Å². The van der Waals surface area contributed by atoms with Crippen LogP contribution in [0.4, 0.5) is 0 Å². The highest BCUT2D eigenvalue weighted by Crippen LogP contribution is 2.38. The van der Waals surface area contributed by atoms with E-state index in [0.717, 1.165) is 0 Å². The molecular formula is C24H38O12. The number of fused-ring (bicyclic) bond motifs is 2. The Morgan fingerprint density at radius 2 is 1.33 bits per heavy atom. The standard InChI is InChI=1S/C12H20O7.C12H18O5/c1-4-16-10-9-8(17-11(10)15)7(6(14)5-13)18-12(2,3)19-9;1-5-7-8-9(17-12(3,4)16-7)10(14-6-2)11(13)15-8/h6-10,13-14H,4-5H2,1-3H3;5,7-10H,1,6H2,2-4H3/t6?,7-,8+,9-,10-;7-,8+,9-,10-/m11/s1. The number of aliphatic hydroxyl groups is 2. The van der Waals surface area contributed by atoms with Crippen LogP contribution in [0.3, 0.4) is 0 Å². The summed E-state index contributed by atoms with van der Waals surface area (Å²) in [7, 11) is 0. The highest BCUT2D eigenvalue weighted by Gasteiger charge is 2.58. The topological polar surface area (TPSA) is 148 Å². The first kappa shape index (κ1) is 28.9. The molecule has 4 rings (SSSR count). The summed E-state index contributed by atoms with van der Waals surface area (Å²) in [5.74, 6) is -2.70. The molecule has 4 saturated heterocycles. The van der Waals surface area contributed by atoms with Crippen LogP contribution >= 0.6 is 0 Å². The van der Waals surface area contributed by atoms with Crippen LogP contribution in [0, 0.1) is 0 Å². The third kappa shape index (κ3) is 6.08. The van der Waals surface area contributed by atoms with Crippen molar-refractivity contribution < 1.29 is 57.7 Å². The molecule has 4 heterocycles. The van der Waals surface area contributed by atoms with E-state index in [1.807, 2.05) is 6.92 Å². The van der Waals surface area contributed by atoms with E-state index in [4.69, 9.17) is 43.0 Å². The van der Waals surface area contributed by atoms with Crippen molar-refractivity contribution in [2.24, 2.45) is 0 Å². The van der Waals surface area contributed by atoms with Crippen LogP contribution in [-0.2, 0) is 47.5 Å². The molecule has 4 fully saturated rings. The molecule has 0 radical (unpaired) electrons. The van der Waals surface area contributed by atoms with Crippen molar-refractivity contribution in [1.29, 1.82) is 0 Å². The number of carbonyl (C=O) groups excluding carboxylic acids is 2. The SMILES string of the molecule is C=C[C@H]1OC(C)(C)O[C@@H]2[C@H]1OC(=O)[C@@H]2OCC.CCO[C@H]1C(=O)O[C@@H]2[C@H]1OC(C)(C)O[C@@H]2C(O)CO. The molecule has 4 aliphatic rings. The zero-order valence-electron chi connectivity index (χ0n) is 21.6. The second kappa shape index (κ2) is 11.4. The van der Waals surface area contributed by atoms with E-state index >= 15 is 0 Å². The smallest absolute Gasteiger partial charge is 0.338 e. The van der Waals surface area contributed by atoms with Crippen LogP contribution in [0.2, 0.25) is 0 Å². The van der Waals surface area contributed by atoms with E-state index in [1.54, 1.807) is 40.7 Å². The molecule has 2 N–H and O–H groups in total. The molecule has 206 valence electrons. The Hall–Kier alpha value is -1.64. The van der Waals surface area contributed by atoms with Gasteiger partial charge in [0.1, 0.15) is 30.5 Å². The van der Waals surface area contributed by atoms with Gasteiger partial charge in [-0.3, -0.25) is 0 Å². The quantitative estimate of drug-likeness (QED) is 0.351. The summed E-state index contributed by atoms with van der Waals surface area (Å²) in [5, 5.41) is 18.9. The minimum Gasteiger partial charge on any atom is -0.455 e. The Balaban J connectivity index is 0.000000202. The van der Waals surface area contributed by atoms with Gasteiger partial charge in [-0.25, -0.2) is 9.59 Å². The van der Waals surface area contributed by atoms with Crippen LogP contribution in [0.15, 0.2) is 12.7 Å². The second-order valence-electron chi connectivity index (χ2n) is 9.67. The number of aliphatic hydroxyl groups excluding tert-OH is 2. The maximum Gasteiger partial charge on any atom is 0.338 e. The minimum atomic E-state index is -1.15. The zero-order valence-corrected chi connectivity index (χ0v) is 21.6. The van der Waals surface area contributed by atoms with E-state index < -0.39 is 79.0 Å². The monoisotopic (exact) mass is 518 g/mol. The van der Waals surface area contributed by atoms with Crippen molar-refractivity contribution in [2.45, 2.75) is 108 Å². The predicted octanol–water partition coefficient (Wildman–Crippen LogP) is 0.213. The number of esters is 2. The molecule has 36 heavy (non-hydrogen) atoms. The second-order valence-corrected chi connectivity index (χ2v) is 9.67. The maximum atomic E-state index is 11.8. The lowest BCUT2D eigenvalue weighted by atomic mass is 9.99. The lowest BCUT2D eigenvalue weighted by Crippen LogP contribution is -2.59. The highest BCUT2D eigenvalue weighted by molar-refractivity contribution is 5.79. The predicted molar refractivity (Wildman–Crippen MR) is 122 cm³/mol. The molecule has 9 atom stereocenters. The van der Waals surface area contributed by atoms with Gasteiger partial charge in [0.2, 0.25) is 0 Å². The van der Waals surface area contributed by atoms with Gasteiger partial charge in [0.25, 0.3) is 0 Å². The fourth-order valence-electron chi connectivity index (χ4n) is 4.68. The molecular weight excluding hydrogens is 480 g/mol. The fourth-order valence-corrected chi connectivity index (χ4v) is 4.68. The highest BCUT2D eigenvalue weighted by atomic mass is 16.8. The van der Waals surface area contributed by atoms with Crippen molar-refractivity contribution in [2.75, 3.05) is 19.8 Å². The van der Waals surface area contributed by atoms with Gasteiger partial charge in [0.05, 0.1) is 6.61 Å². The Morgan fingerprint density at radius 1 is 0.861 bits per heavy atom. The third-order valence-corrected chi connectivity index (χ3v) is 6.03. The molecule has 0 aromatic heterocycles. The Morgan fingerprint density at radius 3 is 1.81 bits per heavy atom. The molecule has 0 bridgehead atoms. The van der Waals surface area contributed by atoms with Crippen LogP contribution in [0.25, 0.3) is 0 Å². The van der Waals surface area contributed by atoms with Gasteiger partial charge >= 0.3 is 11.9 Å². The summed E-state index contributed by atoms with van der Waals surface area (Å²) in [6.45, 7) is 14.5. The summed E-state index contributed by atoms with van der Waals surface area (Å²) in [6, 6.07) is 0. The minimum absolute atomic E-state index is 0.348. The zero-order chi connectivity index (χ0) is 26.8. The van der Waals surface area contributed by atoms with Crippen molar-refractivity contribution in [3.05, 3.63) is 12.7 Å². The van der Waals surface area contributed by atoms with Crippen molar-refractivity contribution >= 4 is 11.9 Å².